The third-order valence-corrected chi connectivity index (χ3v) is 5.88. The predicted molar refractivity (Wildman–Crippen MR) is 117 cm³/mol. The quantitative estimate of drug-likeness (QED) is 0.671. The van der Waals surface area contributed by atoms with Gasteiger partial charge in [-0.3, -0.25) is 4.98 Å². The molecule has 1 saturated heterocycles. The van der Waals surface area contributed by atoms with Gasteiger partial charge in [-0.2, -0.15) is 0 Å². The van der Waals surface area contributed by atoms with Gasteiger partial charge in [-0.15, -0.1) is 0 Å². The molecular weight excluding hydrogens is 370 g/mol. The minimum absolute atomic E-state index is 0.106. The van der Waals surface area contributed by atoms with Crippen molar-refractivity contribution in [2.75, 3.05) is 38.6 Å². The van der Waals surface area contributed by atoms with Gasteiger partial charge in [0.1, 0.15) is 5.75 Å². The molecule has 2 heterocycles. The first-order valence-electron chi connectivity index (χ1n) is 9.78. The van der Waals surface area contributed by atoms with Crippen molar-refractivity contribution >= 4 is 28.2 Å². The van der Waals surface area contributed by atoms with Crippen LogP contribution in [0.5, 0.6) is 5.75 Å². The van der Waals surface area contributed by atoms with Crippen molar-refractivity contribution < 1.29 is 5.11 Å². The van der Waals surface area contributed by atoms with Gasteiger partial charge in [0.05, 0.1) is 10.5 Å². The van der Waals surface area contributed by atoms with Crippen molar-refractivity contribution in [2.24, 2.45) is 5.92 Å². The van der Waals surface area contributed by atoms with E-state index < -0.39 is 0 Å². The normalized spacial score (nSPS) is 15.5. The summed E-state index contributed by atoms with van der Waals surface area (Å²) >= 11 is 6.11. The van der Waals surface area contributed by atoms with Gasteiger partial charge < -0.3 is 14.9 Å². The highest BCUT2D eigenvalue weighted by Crippen LogP contribution is 2.34. The van der Waals surface area contributed by atoms with Gasteiger partial charge in [0, 0.05) is 36.9 Å². The van der Waals surface area contributed by atoms with E-state index in [-0.39, 0.29) is 5.75 Å². The number of phenols is 1. The zero-order chi connectivity index (χ0) is 19.7. The van der Waals surface area contributed by atoms with Crippen molar-refractivity contribution in [1.82, 2.24) is 9.88 Å². The first-order chi connectivity index (χ1) is 13.5. The van der Waals surface area contributed by atoms with Crippen LogP contribution in [0.4, 0.5) is 5.69 Å². The first kappa shape index (κ1) is 19.0. The lowest BCUT2D eigenvalue weighted by molar-refractivity contribution is 0.285. The van der Waals surface area contributed by atoms with Crippen LogP contribution in [0.1, 0.15) is 12.8 Å². The molecule has 146 valence electrons. The molecule has 28 heavy (non-hydrogen) atoms. The minimum Gasteiger partial charge on any atom is -0.506 e. The van der Waals surface area contributed by atoms with E-state index in [4.69, 9.17) is 11.6 Å². The predicted octanol–water partition coefficient (Wildman–Crippen LogP) is 5.04. The Hall–Kier alpha value is -2.30. The number of piperidine rings is 1. The van der Waals surface area contributed by atoms with Gasteiger partial charge in [0.15, 0.2) is 0 Å². The van der Waals surface area contributed by atoms with E-state index >= 15 is 0 Å². The van der Waals surface area contributed by atoms with E-state index in [0.29, 0.717) is 5.02 Å². The molecule has 0 saturated carbocycles. The molecule has 1 N–H and O–H groups in total. The number of phenolic OH excluding ortho intramolecular Hbond substituents is 1. The molecule has 5 heteroatoms. The third-order valence-electron chi connectivity index (χ3n) is 5.58. The van der Waals surface area contributed by atoms with Crippen molar-refractivity contribution in [3.63, 3.8) is 0 Å². The summed E-state index contributed by atoms with van der Waals surface area (Å²) in [5.41, 5.74) is 4.32. The maximum atomic E-state index is 9.70. The zero-order valence-corrected chi connectivity index (χ0v) is 17.2. The first-order valence-corrected chi connectivity index (χ1v) is 10.2. The second kappa shape index (κ2) is 7.98. The molecule has 1 fully saturated rings. The molecule has 0 aliphatic carbocycles. The number of hydrogen-bond donors (Lipinski definition) is 1. The lowest BCUT2D eigenvalue weighted by Crippen LogP contribution is -2.37. The van der Waals surface area contributed by atoms with Gasteiger partial charge in [-0.05, 0) is 74.3 Å². The highest BCUT2D eigenvalue weighted by Gasteiger charge is 2.21. The number of benzene rings is 2. The number of halogens is 1. The second-order valence-electron chi connectivity index (χ2n) is 7.92. The zero-order valence-electron chi connectivity index (χ0n) is 16.4. The Morgan fingerprint density at radius 2 is 1.79 bits per heavy atom. The number of aromatic hydroxyl groups is 1. The molecule has 0 unspecified atom stereocenters. The molecule has 0 amide bonds. The van der Waals surface area contributed by atoms with E-state index in [1.54, 1.807) is 12.1 Å². The Labute approximate surface area is 171 Å². The lowest BCUT2D eigenvalue weighted by atomic mass is 9.95. The number of fused-ring (bicyclic) bond motifs is 1. The Bertz CT molecular complexity index is 981. The van der Waals surface area contributed by atoms with E-state index in [1.165, 1.54) is 18.5 Å². The van der Waals surface area contributed by atoms with Crippen LogP contribution < -0.4 is 4.90 Å². The molecule has 4 rings (SSSR count). The Kier molecular flexibility index (Phi) is 5.42. The molecule has 0 radical (unpaired) electrons. The molecule has 1 aromatic heterocycles. The third kappa shape index (κ3) is 3.94. The number of hydrogen-bond acceptors (Lipinski definition) is 4. The summed E-state index contributed by atoms with van der Waals surface area (Å²) in [7, 11) is 4.31. The van der Waals surface area contributed by atoms with Crippen LogP contribution in [0, 0.1) is 5.92 Å². The molecule has 0 bridgehead atoms. The highest BCUT2D eigenvalue weighted by atomic mass is 35.5. The summed E-state index contributed by atoms with van der Waals surface area (Å²) in [5, 5.41) is 11.2. The fourth-order valence-corrected chi connectivity index (χ4v) is 4.33. The number of pyridine rings is 1. The summed E-state index contributed by atoms with van der Waals surface area (Å²) in [6.45, 7) is 3.32. The molecule has 4 nitrogen and oxygen atoms in total. The minimum atomic E-state index is 0.106. The van der Waals surface area contributed by atoms with Crippen LogP contribution in [0.25, 0.3) is 22.0 Å². The number of anilines is 1. The smallest absolute Gasteiger partial charge is 0.134 e. The van der Waals surface area contributed by atoms with Gasteiger partial charge >= 0.3 is 0 Å². The van der Waals surface area contributed by atoms with E-state index in [1.807, 2.05) is 12.3 Å². The van der Waals surface area contributed by atoms with Crippen LogP contribution in [-0.2, 0) is 0 Å². The summed E-state index contributed by atoms with van der Waals surface area (Å²) in [6, 6.07) is 13.8. The molecule has 0 spiro atoms. The van der Waals surface area contributed by atoms with Gasteiger partial charge in [0.2, 0.25) is 0 Å². The second-order valence-corrected chi connectivity index (χ2v) is 8.33. The molecule has 1 aliphatic heterocycles. The summed E-state index contributed by atoms with van der Waals surface area (Å²) in [4.78, 5) is 9.34. The Morgan fingerprint density at radius 1 is 1.07 bits per heavy atom. The highest BCUT2D eigenvalue weighted by molar-refractivity contribution is 6.32. The van der Waals surface area contributed by atoms with Gasteiger partial charge in [0.25, 0.3) is 0 Å². The average molecular weight is 396 g/mol. The summed E-state index contributed by atoms with van der Waals surface area (Å²) < 4.78 is 0. The molecule has 3 aromatic rings. The standard InChI is InChI=1S/C23H26ClN3O/c1-26(2)15-16-8-11-27(12-9-16)22-7-10-25-21-5-3-17(13-19(21)22)18-4-6-23(28)20(24)14-18/h3-7,10,13-14,16,28H,8-9,11-12,15H2,1-2H3. The van der Waals surface area contributed by atoms with Crippen molar-refractivity contribution in [1.29, 1.82) is 0 Å². The molecule has 2 aromatic carbocycles. The summed E-state index contributed by atoms with van der Waals surface area (Å²) in [5.74, 6) is 0.878. The topological polar surface area (TPSA) is 39.6 Å². The Balaban J connectivity index is 1.65. The SMILES string of the molecule is CN(C)CC1CCN(c2ccnc3ccc(-c4ccc(O)c(Cl)c4)cc23)CC1. The van der Waals surface area contributed by atoms with Crippen LogP contribution in [0.3, 0.4) is 0 Å². The average Bonchev–Trinajstić information content (AvgIpc) is 2.69. The van der Waals surface area contributed by atoms with E-state index in [0.717, 1.165) is 47.6 Å². The molecular formula is C23H26ClN3O. The monoisotopic (exact) mass is 395 g/mol. The largest absolute Gasteiger partial charge is 0.506 e. The van der Waals surface area contributed by atoms with Crippen LogP contribution >= 0.6 is 11.6 Å². The van der Waals surface area contributed by atoms with Gasteiger partial charge in [-0.1, -0.05) is 23.7 Å². The van der Waals surface area contributed by atoms with Crippen molar-refractivity contribution in [3.05, 3.63) is 53.7 Å². The van der Waals surface area contributed by atoms with Crippen molar-refractivity contribution in [3.8, 4) is 16.9 Å². The van der Waals surface area contributed by atoms with Gasteiger partial charge in [-0.25, -0.2) is 0 Å². The number of aromatic nitrogens is 1. The van der Waals surface area contributed by atoms with Crippen molar-refractivity contribution in [2.45, 2.75) is 12.8 Å². The maximum Gasteiger partial charge on any atom is 0.134 e. The lowest BCUT2D eigenvalue weighted by Gasteiger charge is -2.35. The van der Waals surface area contributed by atoms with Crippen LogP contribution in [0.2, 0.25) is 5.02 Å². The fourth-order valence-electron chi connectivity index (χ4n) is 4.15. The summed E-state index contributed by atoms with van der Waals surface area (Å²) in [6.07, 6.45) is 4.34. The maximum absolute atomic E-state index is 9.70. The number of rotatable bonds is 4. The fraction of sp³-hybridized carbons (Fsp3) is 0.348. The number of nitrogens with zero attached hydrogens (tertiary/aromatic N) is 3. The Morgan fingerprint density at radius 3 is 2.50 bits per heavy atom. The van der Waals surface area contributed by atoms with E-state index in [2.05, 4.69) is 53.1 Å². The van der Waals surface area contributed by atoms with E-state index in [9.17, 15) is 5.11 Å². The van der Waals surface area contributed by atoms with Crippen LogP contribution in [0.15, 0.2) is 48.7 Å². The van der Waals surface area contributed by atoms with Crippen LogP contribution in [-0.4, -0.2) is 48.7 Å². The molecule has 0 atom stereocenters. The molecule has 1 aliphatic rings.